The maximum Gasteiger partial charge on any atom is 0.303 e. The molecule has 1 aliphatic heterocycles. The Morgan fingerprint density at radius 2 is 1.75 bits per heavy atom. The van der Waals surface area contributed by atoms with Gasteiger partial charge >= 0.3 is 5.97 Å². The third kappa shape index (κ3) is 6.63. The number of amides is 3. The number of carboxylic acid groups (broad SMARTS) is 1. The number of anilines is 1. The zero-order valence-corrected chi connectivity index (χ0v) is 34.4. The molecule has 9 rings (SSSR count). The molecule has 0 aromatic heterocycles. The summed E-state index contributed by atoms with van der Waals surface area (Å²) >= 11 is 0. The molecule has 330 valence electrons. The fourth-order valence-corrected chi connectivity index (χ4v) is 13.6. The van der Waals surface area contributed by atoms with Crippen LogP contribution in [-0.2, 0) is 40.0 Å². The predicted molar refractivity (Wildman–Crippen MR) is 213 cm³/mol. The van der Waals surface area contributed by atoms with Crippen molar-refractivity contribution in [3.8, 4) is 0 Å². The van der Waals surface area contributed by atoms with Gasteiger partial charge in [-0.3, -0.25) is 33.6 Å². The SMILES string of the molecule is C[C@]12C=CC(=O)C=C1[C@@H](F)C[C@H]1[C@@H]3C[C@H]4CN(c5ccc(CC67CC(NC(=O)[C@H](CCC(=O)O)NC(=O)CNC(=O)CON)(C6)C7)cc5)C[C@@]4(C(=O)CO)[C@@]3(C)C[C@H](O)[C@@]12F. The van der Waals surface area contributed by atoms with Crippen LogP contribution in [0.4, 0.5) is 14.5 Å². The van der Waals surface area contributed by atoms with E-state index < -0.39 is 107 Å². The number of hydrogen-bond donors (Lipinski definition) is 7. The number of carboxylic acids is 1. The minimum Gasteiger partial charge on any atom is -0.481 e. The van der Waals surface area contributed by atoms with Gasteiger partial charge in [-0.25, -0.2) is 14.7 Å². The third-order valence-electron chi connectivity index (χ3n) is 16.2. The summed E-state index contributed by atoms with van der Waals surface area (Å²) in [4.78, 5) is 81.3. The Hall–Kier alpha value is -4.58. The van der Waals surface area contributed by atoms with E-state index in [9.17, 15) is 44.1 Å². The largest absolute Gasteiger partial charge is 0.481 e. The summed E-state index contributed by atoms with van der Waals surface area (Å²) in [5.74, 6) is -0.449. The quantitative estimate of drug-likeness (QED) is 0.125. The van der Waals surface area contributed by atoms with Crippen LogP contribution in [0.2, 0.25) is 0 Å². The van der Waals surface area contributed by atoms with Gasteiger partial charge in [0, 0.05) is 42.1 Å². The minimum absolute atomic E-state index is 0.0302. The van der Waals surface area contributed by atoms with Gasteiger partial charge in [0.15, 0.2) is 17.2 Å². The number of ketones is 2. The van der Waals surface area contributed by atoms with E-state index in [2.05, 4.69) is 25.7 Å². The van der Waals surface area contributed by atoms with Gasteiger partial charge in [0.2, 0.25) is 17.7 Å². The standard InChI is InChI=1S/C44H55F2N5O10/c1-39-10-9-27(53)12-30(39)31(45)13-29-28-11-25-17-51(23-43(25,34(55)18-52)40(28,2)15-33(54)44(29,39)46)26-5-3-24(4-6-26)14-41-20-42(21-41,22-41)50-38(60)32(7-8-37(58)59)49-35(56)16-48-36(57)19-61-47/h3-6,9-10,12,25,28-29,31-33,52,54H,7-8,11,13-23,47H2,1-2H3,(H,48,57)(H,49,56)(H,50,60)(H,58,59)/t25-,28-,29-,31-,32-,33-,39-,40-,41?,42?,43+,44-/m0/s1. The average Bonchev–Trinajstić information content (AvgIpc) is 3.69. The zero-order chi connectivity index (χ0) is 43.9. The Morgan fingerprint density at radius 3 is 2.41 bits per heavy atom. The lowest BCUT2D eigenvalue weighted by Crippen LogP contribution is -2.76. The van der Waals surface area contributed by atoms with Crippen molar-refractivity contribution in [2.45, 2.75) is 101 Å². The highest BCUT2D eigenvalue weighted by Crippen LogP contribution is 2.75. The molecular weight excluding hydrogens is 797 g/mol. The number of benzene rings is 1. The first kappa shape index (κ1) is 43.1. The van der Waals surface area contributed by atoms with E-state index in [-0.39, 0.29) is 54.9 Å². The Morgan fingerprint density at radius 1 is 1.05 bits per heavy atom. The topological polar surface area (TPSA) is 238 Å². The van der Waals surface area contributed by atoms with Crippen LogP contribution in [-0.4, -0.2) is 113 Å². The zero-order valence-electron chi connectivity index (χ0n) is 34.4. The lowest BCUT2D eigenvalue weighted by atomic mass is 9.38. The van der Waals surface area contributed by atoms with Crippen molar-refractivity contribution in [2.75, 3.05) is 37.7 Å². The smallest absolute Gasteiger partial charge is 0.303 e. The highest BCUT2D eigenvalue weighted by Gasteiger charge is 2.78. The molecule has 8 aliphatic rings. The van der Waals surface area contributed by atoms with Crippen LogP contribution in [0.3, 0.4) is 0 Å². The second-order valence-corrected chi connectivity index (χ2v) is 19.5. The molecule has 8 N–H and O–H groups in total. The molecule has 1 aromatic rings. The number of aliphatic hydroxyl groups excluding tert-OH is 2. The van der Waals surface area contributed by atoms with E-state index >= 15 is 8.78 Å². The van der Waals surface area contributed by atoms with Crippen molar-refractivity contribution in [3.05, 3.63) is 53.6 Å². The maximum atomic E-state index is 17.8. The number of nitrogens with zero attached hydrogens (tertiary/aromatic N) is 1. The van der Waals surface area contributed by atoms with Crippen molar-refractivity contribution < 1.29 is 57.7 Å². The van der Waals surface area contributed by atoms with Crippen LogP contribution >= 0.6 is 0 Å². The molecule has 3 amide bonds. The van der Waals surface area contributed by atoms with Crippen LogP contribution in [0.5, 0.6) is 0 Å². The summed E-state index contributed by atoms with van der Waals surface area (Å²) in [5, 5.41) is 39.3. The number of aliphatic carboxylic acids is 1. The van der Waals surface area contributed by atoms with Crippen molar-refractivity contribution >= 4 is 40.9 Å². The number of halogens is 2. The summed E-state index contributed by atoms with van der Waals surface area (Å²) < 4.78 is 33.8. The van der Waals surface area contributed by atoms with Crippen LogP contribution in [0.1, 0.15) is 70.8 Å². The molecule has 6 saturated carbocycles. The Labute approximate surface area is 351 Å². The molecular formula is C44H55F2N5O10. The molecule has 1 saturated heterocycles. The van der Waals surface area contributed by atoms with Gasteiger partial charge in [-0.1, -0.05) is 25.1 Å². The summed E-state index contributed by atoms with van der Waals surface area (Å²) in [7, 11) is 0. The number of rotatable bonds is 15. The number of allylic oxidation sites excluding steroid dienone is 4. The van der Waals surface area contributed by atoms with Gasteiger partial charge in [-0.05, 0) is 116 Å². The van der Waals surface area contributed by atoms with Gasteiger partial charge in [0.05, 0.1) is 18.1 Å². The molecule has 15 nitrogen and oxygen atoms in total. The number of aliphatic hydroxyl groups is 2. The van der Waals surface area contributed by atoms with Gasteiger partial charge in [-0.15, -0.1) is 0 Å². The van der Waals surface area contributed by atoms with Crippen molar-refractivity contribution in [2.24, 2.45) is 45.3 Å². The summed E-state index contributed by atoms with van der Waals surface area (Å²) in [6.45, 7) is 2.60. The molecule has 1 heterocycles. The summed E-state index contributed by atoms with van der Waals surface area (Å²) in [6.07, 6.45) is 3.30. The number of nitrogens with two attached hydrogens (primary N) is 1. The maximum absolute atomic E-state index is 17.8. The first-order valence-corrected chi connectivity index (χ1v) is 21.1. The first-order chi connectivity index (χ1) is 28.8. The van der Waals surface area contributed by atoms with Gasteiger partial charge in [-0.2, -0.15) is 0 Å². The second-order valence-electron chi connectivity index (χ2n) is 19.5. The second kappa shape index (κ2) is 15.1. The molecule has 0 radical (unpaired) electrons. The van der Waals surface area contributed by atoms with Gasteiger partial charge < -0.3 is 36.2 Å². The van der Waals surface area contributed by atoms with E-state index in [1.54, 1.807) is 6.92 Å². The van der Waals surface area contributed by atoms with Crippen molar-refractivity contribution in [1.29, 1.82) is 0 Å². The molecule has 0 unspecified atom stereocenters. The normalized spacial score (nSPS) is 39.3. The van der Waals surface area contributed by atoms with E-state index in [0.29, 0.717) is 32.2 Å². The van der Waals surface area contributed by atoms with Crippen LogP contribution < -0.4 is 26.7 Å². The van der Waals surface area contributed by atoms with Crippen LogP contribution in [0.15, 0.2) is 48.1 Å². The molecule has 17 heteroatoms. The number of alkyl halides is 2. The fraction of sp³-hybridized carbons (Fsp3) is 0.636. The third-order valence-corrected chi connectivity index (χ3v) is 16.2. The molecule has 2 bridgehead atoms. The van der Waals surface area contributed by atoms with E-state index in [1.807, 2.05) is 31.2 Å². The molecule has 7 fully saturated rings. The number of nitrogens with one attached hydrogen (secondary N) is 3. The number of hydrogen-bond acceptors (Lipinski definition) is 11. The van der Waals surface area contributed by atoms with E-state index in [0.717, 1.165) is 17.7 Å². The van der Waals surface area contributed by atoms with Crippen molar-refractivity contribution in [1.82, 2.24) is 16.0 Å². The minimum atomic E-state index is -2.25. The monoisotopic (exact) mass is 851 g/mol. The van der Waals surface area contributed by atoms with E-state index in [1.165, 1.54) is 18.2 Å². The lowest BCUT2D eigenvalue weighted by molar-refractivity contribution is -0.210. The Bertz CT molecular complexity index is 2080. The van der Waals surface area contributed by atoms with Crippen LogP contribution in [0, 0.1) is 39.4 Å². The number of carbonyl (C=O) groups is 6. The molecule has 61 heavy (non-hydrogen) atoms. The number of fused-ring (bicyclic) bond motifs is 7. The summed E-state index contributed by atoms with van der Waals surface area (Å²) in [5.41, 5.74) is -4.29. The Kier molecular flexibility index (Phi) is 10.6. The predicted octanol–water partition coefficient (Wildman–Crippen LogP) is 1.54. The van der Waals surface area contributed by atoms with Crippen LogP contribution in [0.25, 0.3) is 0 Å². The first-order valence-electron chi connectivity index (χ1n) is 21.1. The average molecular weight is 852 g/mol. The highest BCUT2D eigenvalue weighted by atomic mass is 19.1. The lowest BCUT2D eigenvalue weighted by Gasteiger charge is -2.71. The highest BCUT2D eigenvalue weighted by molar-refractivity contribution is 6.01. The fourth-order valence-electron chi connectivity index (χ4n) is 13.6. The summed E-state index contributed by atoms with van der Waals surface area (Å²) in [6, 6.07) is 6.96. The molecule has 10 atom stereocenters. The van der Waals surface area contributed by atoms with Gasteiger partial charge in [0.1, 0.15) is 25.4 Å². The van der Waals surface area contributed by atoms with Gasteiger partial charge in [0.25, 0.3) is 0 Å². The van der Waals surface area contributed by atoms with Crippen molar-refractivity contribution in [3.63, 3.8) is 0 Å². The van der Waals surface area contributed by atoms with E-state index in [4.69, 9.17) is 5.90 Å². The number of Topliss-reactive ketones (excluding diaryl/α,β-unsaturated/α-hetero) is 1. The Balaban J connectivity index is 0.912. The number of carbonyl (C=O) groups excluding carboxylic acids is 5. The molecule has 7 aliphatic carbocycles. The molecule has 0 spiro atoms. The molecule has 1 aromatic carbocycles.